The van der Waals surface area contributed by atoms with Crippen molar-refractivity contribution < 1.29 is 4.79 Å². The van der Waals surface area contributed by atoms with Gasteiger partial charge in [0.15, 0.2) is 5.78 Å². The Bertz CT molecular complexity index is 307. The zero-order valence-corrected chi connectivity index (χ0v) is 8.66. The minimum atomic E-state index is -0.278. The van der Waals surface area contributed by atoms with E-state index in [4.69, 9.17) is 0 Å². The van der Waals surface area contributed by atoms with Crippen molar-refractivity contribution in [2.24, 2.45) is 5.41 Å². The fraction of sp³-hybridized carbons (Fsp3) is 0.600. The maximum Gasteiger partial charge on any atom is 0.159 e. The first-order valence-electron chi connectivity index (χ1n) is 4.42. The van der Waals surface area contributed by atoms with Gasteiger partial charge in [0.1, 0.15) is 0 Å². The molecule has 0 amide bonds. The standard InChI is InChI=1S/C10H16N2O/c1-8-5-11-12(6-8)7-9(13)10(2,3)4/h5-6H,7H2,1-4H3. The van der Waals surface area contributed by atoms with Crippen molar-refractivity contribution in [2.45, 2.75) is 34.2 Å². The molecule has 0 aliphatic rings. The Morgan fingerprint density at radius 2 is 2.15 bits per heavy atom. The van der Waals surface area contributed by atoms with Crippen molar-refractivity contribution >= 4 is 5.78 Å². The van der Waals surface area contributed by atoms with Crippen LogP contribution >= 0.6 is 0 Å². The van der Waals surface area contributed by atoms with E-state index in [1.807, 2.05) is 33.9 Å². The van der Waals surface area contributed by atoms with Crippen molar-refractivity contribution in [3.05, 3.63) is 18.0 Å². The molecule has 72 valence electrons. The number of aromatic nitrogens is 2. The smallest absolute Gasteiger partial charge is 0.159 e. The van der Waals surface area contributed by atoms with Gasteiger partial charge < -0.3 is 0 Å². The molecule has 0 spiro atoms. The van der Waals surface area contributed by atoms with Gasteiger partial charge in [0.2, 0.25) is 0 Å². The highest BCUT2D eigenvalue weighted by Gasteiger charge is 2.21. The number of Topliss-reactive ketones (excluding diaryl/α,β-unsaturated/α-hetero) is 1. The molecule has 3 heteroatoms. The van der Waals surface area contributed by atoms with Crippen LogP contribution in [0.1, 0.15) is 26.3 Å². The molecule has 0 aromatic carbocycles. The first-order valence-corrected chi connectivity index (χ1v) is 4.42. The van der Waals surface area contributed by atoms with Gasteiger partial charge in [-0.25, -0.2) is 0 Å². The lowest BCUT2D eigenvalue weighted by molar-refractivity contribution is -0.127. The van der Waals surface area contributed by atoms with Crippen LogP contribution in [0.25, 0.3) is 0 Å². The van der Waals surface area contributed by atoms with Gasteiger partial charge in [-0.1, -0.05) is 20.8 Å². The Kier molecular flexibility index (Phi) is 2.55. The average Bonchev–Trinajstić information content (AvgIpc) is 2.33. The summed E-state index contributed by atoms with van der Waals surface area (Å²) in [5.41, 5.74) is 0.807. The van der Waals surface area contributed by atoms with Gasteiger partial charge in [0.25, 0.3) is 0 Å². The lowest BCUT2D eigenvalue weighted by atomic mass is 9.91. The second kappa shape index (κ2) is 3.32. The molecule has 0 radical (unpaired) electrons. The number of rotatable bonds is 2. The SMILES string of the molecule is Cc1cnn(CC(=O)C(C)(C)C)c1. The summed E-state index contributed by atoms with van der Waals surface area (Å²) in [4.78, 5) is 11.6. The summed E-state index contributed by atoms with van der Waals surface area (Å²) in [6.45, 7) is 8.10. The lowest BCUT2D eigenvalue weighted by Gasteiger charge is -2.15. The van der Waals surface area contributed by atoms with Crippen molar-refractivity contribution in [2.75, 3.05) is 0 Å². The van der Waals surface area contributed by atoms with Crippen LogP contribution in [-0.2, 0) is 11.3 Å². The van der Waals surface area contributed by atoms with E-state index in [1.165, 1.54) is 0 Å². The number of carbonyl (C=O) groups is 1. The van der Waals surface area contributed by atoms with Crippen molar-refractivity contribution in [1.82, 2.24) is 9.78 Å². The molecule has 0 aliphatic carbocycles. The van der Waals surface area contributed by atoms with Crippen LogP contribution in [0.2, 0.25) is 0 Å². The number of ketones is 1. The molecule has 13 heavy (non-hydrogen) atoms. The van der Waals surface area contributed by atoms with E-state index >= 15 is 0 Å². The Hall–Kier alpha value is -1.12. The third-order valence-corrected chi connectivity index (χ3v) is 1.90. The van der Waals surface area contributed by atoms with Crippen LogP contribution in [0.4, 0.5) is 0 Å². The topological polar surface area (TPSA) is 34.9 Å². The predicted molar refractivity (Wildman–Crippen MR) is 51.4 cm³/mol. The largest absolute Gasteiger partial charge is 0.297 e. The quantitative estimate of drug-likeness (QED) is 0.695. The first kappa shape index (κ1) is 9.96. The fourth-order valence-electron chi connectivity index (χ4n) is 0.938. The van der Waals surface area contributed by atoms with Crippen LogP contribution in [0.5, 0.6) is 0 Å². The summed E-state index contributed by atoms with van der Waals surface area (Å²) in [6, 6.07) is 0. The third-order valence-electron chi connectivity index (χ3n) is 1.90. The van der Waals surface area contributed by atoms with E-state index in [-0.39, 0.29) is 11.2 Å². The van der Waals surface area contributed by atoms with E-state index in [1.54, 1.807) is 10.9 Å². The molecule has 1 aromatic heterocycles. The first-order chi connectivity index (χ1) is 5.89. The van der Waals surface area contributed by atoms with E-state index in [2.05, 4.69) is 5.10 Å². The van der Waals surface area contributed by atoms with Gasteiger partial charge >= 0.3 is 0 Å². The van der Waals surface area contributed by atoms with Crippen molar-refractivity contribution in [3.8, 4) is 0 Å². The normalized spacial score (nSPS) is 11.7. The predicted octanol–water partition coefficient (Wildman–Crippen LogP) is 1.81. The molecule has 0 unspecified atom stereocenters. The zero-order valence-electron chi connectivity index (χ0n) is 8.66. The molecule has 1 heterocycles. The second-order valence-corrected chi connectivity index (χ2v) is 4.39. The summed E-state index contributed by atoms with van der Waals surface area (Å²) in [6.07, 6.45) is 3.64. The highest BCUT2D eigenvalue weighted by atomic mass is 16.1. The van der Waals surface area contributed by atoms with E-state index < -0.39 is 0 Å². The van der Waals surface area contributed by atoms with Gasteiger partial charge in [-0.15, -0.1) is 0 Å². The number of aryl methyl sites for hydroxylation is 1. The molecule has 0 atom stereocenters. The van der Waals surface area contributed by atoms with Crippen LogP contribution in [-0.4, -0.2) is 15.6 Å². The minimum absolute atomic E-state index is 0.204. The van der Waals surface area contributed by atoms with E-state index in [0.717, 1.165) is 5.56 Å². The molecular formula is C10H16N2O. The zero-order chi connectivity index (χ0) is 10.1. The number of hydrogen-bond donors (Lipinski definition) is 0. The summed E-state index contributed by atoms with van der Waals surface area (Å²) in [5, 5.41) is 4.07. The maximum absolute atomic E-state index is 11.6. The highest BCUT2D eigenvalue weighted by Crippen LogP contribution is 2.15. The van der Waals surface area contributed by atoms with Crippen LogP contribution < -0.4 is 0 Å². The van der Waals surface area contributed by atoms with Crippen molar-refractivity contribution in [3.63, 3.8) is 0 Å². The molecule has 3 nitrogen and oxygen atoms in total. The molecule has 0 saturated heterocycles. The molecule has 1 aromatic rings. The van der Waals surface area contributed by atoms with Gasteiger partial charge in [-0.3, -0.25) is 9.48 Å². The molecular weight excluding hydrogens is 164 g/mol. The lowest BCUT2D eigenvalue weighted by Crippen LogP contribution is -2.25. The third kappa shape index (κ3) is 2.68. The molecule has 0 aliphatic heterocycles. The van der Waals surface area contributed by atoms with Gasteiger partial charge in [0.05, 0.1) is 12.7 Å². The second-order valence-electron chi connectivity index (χ2n) is 4.39. The fourth-order valence-corrected chi connectivity index (χ4v) is 0.938. The van der Waals surface area contributed by atoms with Gasteiger partial charge in [-0.05, 0) is 12.5 Å². The molecule has 1 rings (SSSR count). The number of carbonyl (C=O) groups excluding carboxylic acids is 1. The Morgan fingerprint density at radius 3 is 2.54 bits per heavy atom. The average molecular weight is 180 g/mol. The highest BCUT2D eigenvalue weighted by molar-refractivity contribution is 5.83. The van der Waals surface area contributed by atoms with E-state index in [9.17, 15) is 4.79 Å². The molecule has 0 saturated carbocycles. The van der Waals surface area contributed by atoms with Crippen LogP contribution in [0.3, 0.4) is 0 Å². The Labute approximate surface area is 78.8 Å². The maximum atomic E-state index is 11.6. The van der Waals surface area contributed by atoms with Gasteiger partial charge in [-0.2, -0.15) is 5.10 Å². The minimum Gasteiger partial charge on any atom is -0.297 e. The van der Waals surface area contributed by atoms with Crippen molar-refractivity contribution in [1.29, 1.82) is 0 Å². The molecule has 0 N–H and O–H groups in total. The summed E-state index contributed by atoms with van der Waals surface area (Å²) < 4.78 is 1.68. The monoisotopic (exact) mass is 180 g/mol. The summed E-state index contributed by atoms with van der Waals surface area (Å²) >= 11 is 0. The molecule has 0 fully saturated rings. The molecule has 0 bridgehead atoms. The van der Waals surface area contributed by atoms with Crippen LogP contribution in [0.15, 0.2) is 12.4 Å². The van der Waals surface area contributed by atoms with Gasteiger partial charge in [0, 0.05) is 11.6 Å². The number of hydrogen-bond acceptors (Lipinski definition) is 2. The van der Waals surface area contributed by atoms with E-state index in [0.29, 0.717) is 6.54 Å². The summed E-state index contributed by atoms with van der Waals surface area (Å²) in [7, 11) is 0. The summed E-state index contributed by atoms with van der Waals surface area (Å²) in [5.74, 6) is 0.204. The Balaban J connectivity index is 2.65. The number of nitrogens with zero attached hydrogens (tertiary/aromatic N) is 2. The van der Waals surface area contributed by atoms with Crippen LogP contribution in [0, 0.1) is 12.3 Å². The Morgan fingerprint density at radius 1 is 1.54 bits per heavy atom.